The molecule has 2 N–H and O–H groups in total. The zero-order valence-electron chi connectivity index (χ0n) is 11.0. The molecule has 1 aromatic heterocycles. The summed E-state index contributed by atoms with van der Waals surface area (Å²) in [7, 11) is -4.05. The minimum Gasteiger partial charge on any atom is -0.365 e. The van der Waals surface area contributed by atoms with Gasteiger partial charge < -0.3 is 5.73 Å². The van der Waals surface area contributed by atoms with E-state index in [-0.39, 0.29) is 9.77 Å². The zero-order chi connectivity index (χ0) is 16.3. The summed E-state index contributed by atoms with van der Waals surface area (Å²) >= 11 is 0.972. The van der Waals surface area contributed by atoms with Crippen LogP contribution in [0, 0.1) is 17.1 Å². The Morgan fingerprint density at radius 1 is 1.23 bits per heavy atom. The molecule has 2 rings (SSSR count). The summed E-state index contributed by atoms with van der Waals surface area (Å²) in [5.74, 6) is -1.21. The van der Waals surface area contributed by atoms with Gasteiger partial charge in [0.2, 0.25) is 9.84 Å². The minimum absolute atomic E-state index is 0.187. The Morgan fingerprint density at radius 2 is 1.86 bits per heavy atom. The molecule has 0 saturated heterocycles. The predicted molar refractivity (Wildman–Crippen MR) is 80.0 cm³/mol. The summed E-state index contributed by atoms with van der Waals surface area (Å²) < 4.78 is 37.5. The van der Waals surface area contributed by atoms with Gasteiger partial charge in [0.1, 0.15) is 11.9 Å². The molecule has 0 radical (unpaired) electrons. The number of hydrogen-bond donors (Lipinski definition) is 1. The maximum Gasteiger partial charge on any atom is 0.258 e. The quantitative estimate of drug-likeness (QED) is 0.684. The molecule has 0 spiro atoms. The summed E-state index contributed by atoms with van der Waals surface area (Å²) in [6.45, 7) is 0. The highest BCUT2D eigenvalue weighted by atomic mass is 32.2. The summed E-state index contributed by atoms with van der Waals surface area (Å²) in [5, 5.41) is 9.10. The molecule has 0 aliphatic carbocycles. The molecule has 0 aliphatic heterocycles. The molecule has 5 nitrogen and oxygen atoms in total. The zero-order valence-corrected chi connectivity index (χ0v) is 12.6. The van der Waals surface area contributed by atoms with E-state index in [4.69, 9.17) is 11.0 Å². The largest absolute Gasteiger partial charge is 0.365 e. The lowest BCUT2D eigenvalue weighted by atomic mass is 10.3. The highest BCUT2D eigenvalue weighted by Crippen LogP contribution is 2.24. The number of carbonyl (C=O) groups excluding carboxylic acids is 1. The monoisotopic (exact) mass is 336 g/mol. The van der Waals surface area contributed by atoms with E-state index in [1.54, 1.807) is 6.07 Å². The van der Waals surface area contributed by atoms with Crippen LogP contribution in [0.5, 0.6) is 0 Å². The normalized spacial score (nSPS) is 11.9. The van der Waals surface area contributed by atoms with Gasteiger partial charge in [0.05, 0.1) is 9.77 Å². The SMILES string of the molecule is N#C/C(=C/c1ccc(C(N)=O)s1)S(=O)(=O)c1ccc(F)cc1. The van der Waals surface area contributed by atoms with Gasteiger partial charge in [0, 0.05) is 4.88 Å². The number of nitrogens with zero attached hydrogens (tertiary/aromatic N) is 1. The molecular formula is C14H9FN2O3S2. The second kappa shape index (κ2) is 6.09. The number of primary amides is 1. The predicted octanol–water partition coefficient (Wildman–Crippen LogP) is 2.32. The Hall–Kier alpha value is -2.50. The maximum absolute atomic E-state index is 12.9. The number of sulfone groups is 1. The molecule has 8 heteroatoms. The number of rotatable bonds is 4. The molecule has 0 atom stereocenters. The van der Waals surface area contributed by atoms with Crippen molar-refractivity contribution in [1.29, 1.82) is 5.26 Å². The second-order valence-electron chi connectivity index (χ2n) is 4.14. The Bertz CT molecular complexity index is 891. The van der Waals surface area contributed by atoms with Crippen molar-refractivity contribution >= 4 is 33.2 Å². The first-order valence-corrected chi connectivity index (χ1v) is 8.16. The third-order valence-electron chi connectivity index (χ3n) is 2.67. The van der Waals surface area contributed by atoms with Crippen LogP contribution in [0.4, 0.5) is 4.39 Å². The number of amides is 1. The third kappa shape index (κ3) is 3.21. The van der Waals surface area contributed by atoms with Crippen LogP contribution >= 0.6 is 11.3 Å². The Balaban J connectivity index is 2.46. The van der Waals surface area contributed by atoms with Gasteiger partial charge in [-0.2, -0.15) is 5.26 Å². The minimum atomic E-state index is -4.05. The molecule has 0 unspecified atom stereocenters. The Labute approximate surface area is 130 Å². The van der Waals surface area contributed by atoms with Gasteiger partial charge in [0.25, 0.3) is 5.91 Å². The lowest BCUT2D eigenvalue weighted by molar-refractivity contribution is 0.100. The molecule has 1 heterocycles. The smallest absolute Gasteiger partial charge is 0.258 e. The number of nitriles is 1. The summed E-state index contributed by atoms with van der Waals surface area (Å²) in [6.07, 6.45) is 1.15. The van der Waals surface area contributed by atoms with Crippen LogP contribution in [-0.2, 0) is 9.84 Å². The van der Waals surface area contributed by atoms with Gasteiger partial charge in [-0.25, -0.2) is 12.8 Å². The molecular weight excluding hydrogens is 327 g/mol. The molecule has 0 aliphatic rings. The van der Waals surface area contributed by atoms with E-state index in [1.807, 2.05) is 0 Å². The molecule has 22 heavy (non-hydrogen) atoms. The number of thiophene rings is 1. The first-order valence-electron chi connectivity index (χ1n) is 5.86. The second-order valence-corrected chi connectivity index (χ2v) is 7.18. The van der Waals surface area contributed by atoms with E-state index in [2.05, 4.69) is 0 Å². The van der Waals surface area contributed by atoms with E-state index in [0.717, 1.165) is 41.7 Å². The molecule has 0 saturated carbocycles. The van der Waals surface area contributed by atoms with Crippen molar-refractivity contribution in [2.45, 2.75) is 4.90 Å². The highest BCUT2D eigenvalue weighted by Gasteiger charge is 2.21. The third-order valence-corrected chi connectivity index (χ3v) is 5.39. The van der Waals surface area contributed by atoms with E-state index in [0.29, 0.717) is 4.88 Å². The maximum atomic E-state index is 12.9. The van der Waals surface area contributed by atoms with Crippen LogP contribution in [0.3, 0.4) is 0 Å². The molecule has 0 fully saturated rings. The average Bonchev–Trinajstić information content (AvgIpc) is 2.94. The van der Waals surface area contributed by atoms with Crippen LogP contribution in [-0.4, -0.2) is 14.3 Å². The van der Waals surface area contributed by atoms with Crippen molar-refractivity contribution < 1.29 is 17.6 Å². The van der Waals surface area contributed by atoms with Gasteiger partial charge >= 0.3 is 0 Å². The van der Waals surface area contributed by atoms with E-state index in [9.17, 15) is 17.6 Å². The molecule has 0 bridgehead atoms. The standard InChI is InChI=1S/C14H9FN2O3S2/c15-9-1-4-11(5-2-9)22(19,20)12(8-16)7-10-3-6-13(21-10)14(17)18/h1-7H,(H2,17,18)/b12-7-. The van der Waals surface area contributed by atoms with Crippen LogP contribution < -0.4 is 5.73 Å². The molecule has 2 aromatic rings. The van der Waals surface area contributed by atoms with Gasteiger partial charge in [0.15, 0.2) is 4.91 Å². The van der Waals surface area contributed by atoms with Crippen molar-refractivity contribution in [2.24, 2.45) is 5.73 Å². The number of carbonyl (C=O) groups is 1. The van der Waals surface area contributed by atoms with E-state index >= 15 is 0 Å². The van der Waals surface area contributed by atoms with Crippen LogP contribution in [0.25, 0.3) is 6.08 Å². The number of hydrogen-bond acceptors (Lipinski definition) is 5. The fourth-order valence-corrected chi connectivity index (χ4v) is 3.63. The topological polar surface area (TPSA) is 101 Å². The van der Waals surface area contributed by atoms with Gasteiger partial charge in [-0.05, 0) is 42.5 Å². The van der Waals surface area contributed by atoms with Gasteiger partial charge in [-0.1, -0.05) is 0 Å². The lowest BCUT2D eigenvalue weighted by Gasteiger charge is -2.02. The Kier molecular flexibility index (Phi) is 4.40. The first-order chi connectivity index (χ1) is 10.3. The summed E-state index contributed by atoms with van der Waals surface area (Å²) in [5.41, 5.74) is 5.11. The number of nitrogens with two attached hydrogens (primary N) is 1. The van der Waals surface area contributed by atoms with Crippen molar-refractivity contribution in [2.75, 3.05) is 0 Å². The van der Waals surface area contributed by atoms with E-state index < -0.39 is 26.5 Å². The van der Waals surface area contributed by atoms with Crippen molar-refractivity contribution in [1.82, 2.24) is 0 Å². The van der Waals surface area contributed by atoms with Crippen LogP contribution in [0.1, 0.15) is 14.5 Å². The first kappa shape index (κ1) is 15.9. The molecule has 112 valence electrons. The number of allylic oxidation sites excluding steroid dienone is 1. The summed E-state index contributed by atoms with van der Waals surface area (Å²) in [4.78, 5) is 11.0. The molecule has 1 aromatic carbocycles. The number of halogens is 1. The van der Waals surface area contributed by atoms with Crippen molar-refractivity contribution in [3.05, 3.63) is 56.9 Å². The fraction of sp³-hybridized carbons (Fsp3) is 0. The highest BCUT2D eigenvalue weighted by molar-refractivity contribution is 7.95. The Morgan fingerprint density at radius 3 is 2.36 bits per heavy atom. The lowest BCUT2D eigenvalue weighted by Crippen LogP contribution is -2.08. The van der Waals surface area contributed by atoms with Crippen LogP contribution in [0.2, 0.25) is 0 Å². The van der Waals surface area contributed by atoms with Crippen LogP contribution in [0.15, 0.2) is 46.2 Å². The molecule has 1 amide bonds. The number of benzene rings is 1. The fourth-order valence-electron chi connectivity index (χ4n) is 1.60. The van der Waals surface area contributed by atoms with Crippen molar-refractivity contribution in [3.8, 4) is 6.07 Å². The van der Waals surface area contributed by atoms with Crippen molar-refractivity contribution in [3.63, 3.8) is 0 Å². The van der Waals surface area contributed by atoms with Gasteiger partial charge in [-0.15, -0.1) is 11.3 Å². The van der Waals surface area contributed by atoms with Gasteiger partial charge in [-0.3, -0.25) is 4.79 Å². The average molecular weight is 336 g/mol. The summed E-state index contributed by atoms with van der Waals surface area (Å²) in [6, 6.07) is 8.70. The van der Waals surface area contributed by atoms with E-state index in [1.165, 1.54) is 12.1 Å².